The normalized spacial score (nSPS) is 19.9. The molecule has 1 saturated heterocycles. The van der Waals surface area contributed by atoms with E-state index in [1.54, 1.807) is 10.3 Å². The Morgan fingerprint density at radius 2 is 1.78 bits per heavy atom. The molecule has 0 bridgehead atoms. The van der Waals surface area contributed by atoms with Gasteiger partial charge < -0.3 is 15.5 Å². The number of piperazine rings is 1. The van der Waals surface area contributed by atoms with E-state index in [0.717, 1.165) is 17.8 Å². The highest BCUT2D eigenvalue weighted by atomic mass is 32.1. The molecule has 3 rings (SSSR count). The van der Waals surface area contributed by atoms with Crippen LogP contribution in [0, 0.1) is 5.92 Å². The third-order valence-corrected chi connectivity index (χ3v) is 5.65. The molecule has 1 aromatic rings. The molecule has 1 aliphatic heterocycles. The number of carbonyl (C=O) groups excluding carboxylic acids is 2. The molecule has 2 heterocycles. The Kier molecular flexibility index (Phi) is 5.27. The van der Waals surface area contributed by atoms with E-state index >= 15 is 0 Å². The molecule has 0 aromatic carbocycles. The quantitative estimate of drug-likeness (QED) is 0.906. The van der Waals surface area contributed by atoms with Gasteiger partial charge in [-0.25, -0.2) is 4.98 Å². The summed E-state index contributed by atoms with van der Waals surface area (Å²) >= 11 is 1.42. The van der Waals surface area contributed by atoms with Crippen LogP contribution < -0.4 is 5.73 Å². The molecule has 0 atom stereocenters. The Bertz CT molecular complexity index is 560. The minimum atomic E-state index is -0.0503. The molecule has 1 aliphatic carbocycles. The van der Waals surface area contributed by atoms with Gasteiger partial charge in [0.1, 0.15) is 10.7 Å². The van der Waals surface area contributed by atoms with E-state index < -0.39 is 0 Å². The molecule has 23 heavy (non-hydrogen) atoms. The van der Waals surface area contributed by atoms with Gasteiger partial charge in [-0.1, -0.05) is 19.3 Å². The molecular formula is C16H24N4O2S. The Morgan fingerprint density at radius 1 is 1.13 bits per heavy atom. The Morgan fingerprint density at radius 3 is 2.39 bits per heavy atom. The number of aromatic nitrogens is 1. The summed E-state index contributed by atoms with van der Waals surface area (Å²) in [6, 6.07) is 0. The summed E-state index contributed by atoms with van der Waals surface area (Å²) in [5, 5.41) is 2.55. The number of nitrogens with two attached hydrogens (primary N) is 1. The smallest absolute Gasteiger partial charge is 0.273 e. The zero-order valence-corrected chi connectivity index (χ0v) is 14.2. The summed E-state index contributed by atoms with van der Waals surface area (Å²) in [7, 11) is 0. The molecule has 0 spiro atoms. The maximum absolute atomic E-state index is 12.5. The predicted octanol–water partition coefficient (Wildman–Crippen LogP) is 1.47. The van der Waals surface area contributed by atoms with Crippen LogP contribution in [0.15, 0.2) is 5.38 Å². The number of carbonyl (C=O) groups is 2. The summed E-state index contributed by atoms with van der Waals surface area (Å²) in [6.45, 7) is 2.81. The van der Waals surface area contributed by atoms with Crippen LogP contribution >= 0.6 is 11.3 Å². The molecule has 2 aliphatic rings. The van der Waals surface area contributed by atoms with Crippen LogP contribution in [-0.4, -0.2) is 52.8 Å². The zero-order valence-electron chi connectivity index (χ0n) is 13.4. The van der Waals surface area contributed by atoms with Gasteiger partial charge in [0, 0.05) is 44.0 Å². The van der Waals surface area contributed by atoms with E-state index in [4.69, 9.17) is 5.73 Å². The second kappa shape index (κ2) is 7.40. The molecule has 6 nitrogen and oxygen atoms in total. The van der Waals surface area contributed by atoms with Gasteiger partial charge in [0.15, 0.2) is 0 Å². The predicted molar refractivity (Wildman–Crippen MR) is 89.1 cm³/mol. The van der Waals surface area contributed by atoms with Gasteiger partial charge in [-0.15, -0.1) is 11.3 Å². The highest BCUT2D eigenvalue weighted by Crippen LogP contribution is 2.26. The van der Waals surface area contributed by atoms with Crippen LogP contribution in [0.5, 0.6) is 0 Å². The van der Waals surface area contributed by atoms with Crippen LogP contribution in [0.4, 0.5) is 0 Å². The van der Waals surface area contributed by atoms with Crippen molar-refractivity contribution in [3.63, 3.8) is 0 Å². The van der Waals surface area contributed by atoms with Gasteiger partial charge in [-0.2, -0.15) is 0 Å². The first kappa shape index (κ1) is 16.4. The van der Waals surface area contributed by atoms with Crippen molar-refractivity contribution < 1.29 is 9.59 Å². The first-order valence-corrected chi connectivity index (χ1v) is 9.29. The number of nitrogens with zero attached hydrogens (tertiary/aromatic N) is 3. The van der Waals surface area contributed by atoms with Crippen LogP contribution in [0.2, 0.25) is 0 Å². The van der Waals surface area contributed by atoms with E-state index in [9.17, 15) is 9.59 Å². The molecule has 2 N–H and O–H groups in total. The van der Waals surface area contributed by atoms with Crippen LogP contribution in [0.25, 0.3) is 0 Å². The minimum Gasteiger partial charge on any atom is -0.339 e. The van der Waals surface area contributed by atoms with Crippen molar-refractivity contribution in [1.29, 1.82) is 0 Å². The lowest BCUT2D eigenvalue weighted by Gasteiger charge is -2.36. The average Bonchev–Trinajstić information content (AvgIpc) is 3.10. The number of amides is 2. The van der Waals surface area contributed by atoms with Crippen molar-refractivity contribution in [2.75, 3.05) is 26.2 Å². The number of hydrogen-bond donors (Lipinski definition) is 1. The lowest BCUT2D eigenvalue weighted by Crippen LogP contribution is -2.52. The third-order valence-electron chi connectivity index (χ3n) is 4.78. The molecule has 1 aromatic heterocycles. The third kappa shape index (κ3) is 3.72. The molecule has 2 fully saturated rings. The maximum atomic E-state index is 12.5. The summed E-state index contributed by atoms with van der Waals surface area (Å²) in [5.74, 6) is 0.443. The van der Waals surface area contributed by atoms with Gasteiger partial charge in [0.05, 0.1) is 0 Å². The molecule has 126 valence electrons. The monoisotopic (exact) mass is 336 g/mol. The summed E-state index contributed by atoms with van der Waals surface area (Å²) < 4.78 is 0. The summed E-state index contributed by atoms with van der Waals surface area (Å²) in [5.41, 5.74) is 6.02. The van der Waals surface area contributed by atoms with Crippen molar-refractivity contribution in [2.45, 2.75) is 38.6 Å². The van der Waals surface area contributed by atoms with Crippen LogP contribution in [0.3, 0.4) is 0 Å². The molecule has 7 heteroatoms. The van der Waals surface area contributed by atoms with Gasteiger partial charge >= 0.3 is 0 Å². The van der Waals surface area contributed by atoms with Crippen molar-refractivity contribution in [3.8, 4) is 0 Å². The van der Waals surface area contributed by atoms with Gasteiger partial charge in [0.25, 0.3) is 5.91 Å². The first-order valence-electron chi connectivity index (χ1n) is 8.41. The van der Waals surface area contributed by atoms with Crippen molar-refractivity contribution in [3.05, 3.63) is 16.1 Å². The van der Waals surface area contributed by atoms with E-state index in [1.807, 2.05) is 4.90 Å². The maximum Gasteiger partial charge on any atom is 0.273 e. The van der Waals surface area contributed by atoms with Gasteiger partial charge in [0.2, 0.25) is 5.91 Å². The fourth-order valence-corrected chi connectivity index (χ4v) is 4.05. The van der Waals surface area contributed by atoms with E-state index in [1.165, 1.54) is 30.6 Å². The number of thiazole rings is 1. The number of hydrogen-bond acceptors (Lipinski definition) is 5. The van der Waals surface area contributed by atoms with E-state index in [2.05, 4.69) is 4.98 Å². The topological polar surface area (TPSA) is 79.5 Å². The number of rotatable bonds is 3. The van der Waals surface area contributed by atoms with Crippen LogP contribution in [0.1, 0.15) is 47.6 Å². The van der Waals surface area contributed by atoms with Crippen molar-refractivity contribution in [1.82, 2.24) is 14.8 Å². The molecule has 1 saturated carbocycles. The molecule has 2 amide bonds. The Hall–Kier alpha value is -1.47. The average molecular weight is 336 g/mol. The standard InChI is InChI=1S/C16H24N4O2S/c17-10-14-18-13(11-23-14)16(22)20-8-6-19(7-9-20)15(21)12-4-2-1-3-5-12/h11-12H,1-10,17H2. The van der Waals surface area contributed by atoms with Crippen molar-refractivity contribution >= 4 is 23.2 Å². The van der Waals surface area contributed by atoms with E-state index in [0.29, 0.717) is 38.4 Å². The SMILES string of the molecule is NCc1nc(C(=O)N2CCN(C(=O)C3CCCCC3)CC2)cs1. The lowest BCUT2D eigenvalue weighted by atomic mass is 9.88. The van der Waals surface area contributed by atoms with Crippen molar-refractivity contribution in [2.24, 2.45) is 11.7 Å². The minimum absolute atomic E-state index is 0.0503. The highest BCUT2D eigenvalue weighted by molar-refractivity contribution is 7.09. The summed E-state index contributed by atoms with van der Waals surface area (Å²) in [4.78, 5) is 33.0. The summed E-state index contributed by atoms with van der Waals surface area (Å²) in [6.07, 6.45) is 5.64. The lowest BCUT2D eigenvalue weighted by molar-refractivity contribution is -0.138. The van der Waals surface area contributed by atoms with Gasteiger partial charge in [-0.3, -0.25) is 9.59 Å². The fraction of sp³-hybridized carbons (Fsp3) is 0.688. The largest absolute Gasteiger partial charge is 0.339 e. The highest BCUT2D eigenvalue weighted by Gasteiger charge is 2.30. The zero-order chi connectivity index (χ0) is 16.2. The molecule has 0 unspecified atom stereocenters. The Balaban J connectivity index is 1.53. The van der Waals surface area contributed by atoms with Gasteiger partial charge in [-0.05, 0) is 12.8 Å². The molecule has 0 radical (unpaired) electrons. The second-order valence-corrected chi connectivity index (χ2v) is 7.23. The molecular weight excluding hydrogens is 312 g/mol. The first-order chi connectivity index (χ1) is 11.2. The Labute approximate surface area is 140 Å². The fourth-order valence-electron chi connectivity index (χ4n) is 3.40. The second-order valence-electron chi connectivity index (χ2n) is 6.28. The van der Waals surface area contributed by atoms with E-state index in [-0.39, 0.29) is 17.7 Å². The van der Waals surface area contributed by atoms with Crippen LogP contribution in [-0.2, 0) is 11.3 Å².